The molecule has 0 spiro atoms. The van der Waals surface area contributed by atoms with E-state index in [-0.39, 0.29) is 17.7 Å². The Morgan fingerprint density at radius 3 is 2.65 bits per heavy atom. The van der Waals surface area contributed by atoms with Crippen LogP contribution in [0.3, 0.4) is 0 Å². The van der Waals surface area contributed by atoms with Gasteiger partial charge in [0.05, 0.1) is 19.8 Å². The summed E-state index contributed by atoms with van der Waals surface area (Å²) >= 11 is 3.43. The highest BCUT2D eigenvalue weighted by atomic mass is 79.9. The molecule has 2 N–H and O–H groups in total. The minimum absolute atomic E-state index is 0.00653. The molecule has 5 heteroatoms. The lowest BCUT2D eigenvalue weighted by Crippen LogP contribution is -2.31. The molecular formula is C15H20BrNO3. The van der Waals surface area contributed by atoms with E-state index in [2.05, 4.69) is 15.9 Å². The largest absolute Gasteiger partial charge is 0.495 e. The highest BCUT2D eigenvalue weighted by molar-refractivity contribution is 9.10. The van der Waals surface area contributed by atoms with Gasteiger partial charge in [-0.3, -0.25) is 4.79 Å². The third-order valence-corrected chi connectivity index (χ3v) is 4.59. The number of Topliss-reactive ketones (excluding diaryl/α,β-unsaturated/α-hetero) is 1. The zero-order valence-electron chi connectivity index (χ0n) is 11.8. The summed E-state index contributed by atoms with van der Waals surface area (Å²) in [5.41, 5.74) is 6.57. The first-order valence-corrected chi connectivity index (χ1v) is 7.58. The lowest BCUT2D eigenvalue weighted by atomic mass is 9.81. The third kappa shape index (κ3) is 2.99. The summed E-state index contributed by atoms with van der Waals surface area (Å²) in [7, 11) is 3.14. The molecule has 0 aliphatic heterocycles. The van der Waals surface area contributed by atoms with Crippen LogP contribution in [0, 0.1) is 5.92 Å². The molecule has 2 atom stereocenters. The van der Waals surface area contributed by atoms with E-state index < -0.39 is 0 Å². The maximum atomic E-state index is 12.7. The normalized spacial score (nSPS) is 22.4. The molecule has 0 aromatic heterocycles. The maximum absolute atomic E-state index is 12.7. The van der Waals surface area contributed by atoms with Gasteiger partial charge in [-0.25, -0.2) is 0 Å². The Morgan fingerprint density at radius 1 is 1.30 bits per heavy atom. The van der Waals surface area contributed by atoms with E-state index >= 15 is 0 Å². The lowest BCUT2D eigenvalue weighted by molar-refractivity contribution is 0.0878. The van der Waals surface area contributed by atoms with Crippen molar-refractivity contribution in [3.05, 3.63) is 22.2 Å². The van der Waals surface area contributed by atoms with Crippen molar-refractivity contribution in [2.24, 2.45) is 11.7 Å². The van der Waals surface area contributed by atoms with E-state index in [4.69, 9.17) is 15.2 Å². The van der Waals surface area contributed by atoms with Crippen LogP contribution < -0.4 is 15.2 Å². The van der Waals surface area contributed by atoms with E-state index in [1.165, 1.54) is 0 Å². The van der Waals surface area contributed by atoms with Crippen molar-refractivity contribution in [3.63, 3.8) is 0 Å². The first kappa shape index (κ1) is 15.3. The number of methoxy groups -OCH3 is 2. The van der Waals surface area contributed by atoms with Crippen LogP contribution in [0.15, 0.2) is 16.6 Å². The third-order valence-electron chi connectivity index (χ3n) is 3.84. The summed E-state index contributed by atoms with van der Waals surface area (Å²) in [5.74, 6) is 1.29. The van der Waals surface area contributed by atoms with Crippen molar-refractivity contribution in [3.8, 4) is 11.5 Å². The Balaban J connectivity index is 2.32. The second kappa shape index (κ2) is 6.59. The summed E-state index contributed by atoms with van der Waals surface area (Å²) in [4.78, 5) is 12.7. The van der Waals surface area contributed by atoms with Crippen LogP contribution in [0.4, 0.5) is 0 Å². The van der Waals surface area contributed by atoms with Gasteiger partial charge < -0.3 is 15.2 Å². The molecule has 0 amide bonds. The van der Waals surface area contributed by atoms with Gasteiger partial charge in [-0.1, -0.05) is 6.42 Å². The standard InChI is InChI=1S/C15H20BrNO3/c1-19-12-7-6-11(15(20-2)13(12)16)14(18)9-4-3-5-10(17)8-9/h6-7,9-10H,3-5,8,17H2,1-2H3. The van der Waals surface area contributed by atoms with E-state index in [9.17, 15) is 4.79 Å². The molecule has 110 valence electrons. The summed E-state index contributed by atoms with van der Waals surface area (Å²) < 4.78 is 11.3. The number of halogens is 1. The molecule has 1 aromatic carbocycles. The number of carbonyl (C=O) groups excluding carboxylic acids is 1. The van der Waals surface area contributed by atoms with Gasteiger partial charge in [0.15, 0.2) is 5.78 Å². The van der Waals surface area contributed by atoms with Gasteiger partial charge in [0.2, 0.25) is 0 Å². The minimum atomic E-state index is -0.00653. The second-order valence-electron chi connectivity index (χ2n) is 5.15. The molecule has 0 bridgehead atoms. The number of rotatable bonds is 4. The molecule has 0 saturated heterocycles. The monoisotopic (exact) mass is 341 g/mol. The Kier molecular flexibility index (Phi) is 5.05. The van der Waals surface area contributed by atoms with E-state index in [0.717, 1.165) is 25.7 Å². The number of benzene rings is 1. The zero-order chi connectivity index (χ0) is 14.7. The second-order valence-corrected chi connectivity index (χ2v) is 5.94. The summed E-state index contributed by atoms with van der Waals surface area (Å²) in [5, 5.41) is 0. The SMILES string of the molecule is COc1ccc(C(=O)C2CCCC(N)C2)c(OC)c1Br. The van der Waals surface area contributed by atoms with Crippen molar-refractivity contribution in [2.45, 2.75) is 31.7 Å². The molecule has 0 radical (unpaired) electrons. The van der Waals surface area contributed by atoms with Crippen molar-refractivity contribution >= 4 is 21.7 Å². The van der Waals surface area contributed by atoms with Crippen LogP contribution in [0.5, 0.6) is 11.5 Å². The zero-order valence-corrected chi connectivity index (χ0v) is 13.4. The predicted molar refractivity (Wildman–Crippen MR) is 81.5 cm³/mol. The van der Waals surface area contributed by atoms with Gasteiger partial charge in [0, 0.05) is 12.0 Å². The fourth-order valence-corrected chi connectivity index (χ4v) is 3.44. The van der Waals surface area contributed by atoms with Gasteiger partial charge in [-0.15, -0.1) is 0 Å². The molecule has 2 unspecified atom stereocenters. The minimum Gasteiger partial charge on any atom is -0.495 e. The molecule has 20 heavy (non-hydrogen) atoms. The molecule has 1 saturated carbocycles. The highest BCUT2D eigenvalue weighted by Crippen LogP contribution is 2.39. The van der Waals surface area contributed by atoms with Crippen LogP contribution in [-0.2, 0) is 0 Å². The topological polar surface area (TPSA) is 61.5 Å². The average Bonchev–Trinajstić information content (AvgIpc) is 2.46. The molecule has 0 heterocycles. The quantitative estimate of drug-likeness (QED) is 0.854. The fraction of sp³-hybridized carbons (Fsp3) is 0.533. The van der Waals surface area contributed by atoms with Gasteiger partial charge in [-0.2, -0.15) is 0 Å². The van der Waals surface area contributed by atoms with Gasteiger partial charge in [-0.05, 0) is 47.3 Å². The summed E-state index contributed by atoms with van der Waals surface area (Å²) in [6.45, 7) is 0. The summed E-state index contributed by atoms with van der Waals surface area (Å²) in [6, 6.07) is 3.68. The van der Waals surface area contributed by atoms with Crippen molar-refractivity contribution in [1.29, 1.82) is 0 Å². The van der Waals surface area contributed by atoms with Crippen LogP contribution in [0.2, 0.25) is 0 Å². The molecule has 1 aromatic rings. The molecule has 1 aliphatic carbocycles. The number of ketones is 1. The van der Waals surface area contributed by atoms with Crippen LogP contribution in [0.1, 0.15) is 36.0 Å². The molecule has 2 rings (SSSR count). The van der Waals surface area contributed by atoms with E-state index in [1.54, 1.807) is 26.4 Å². The van der Waals surface area contributed by atoms with Crippen LogP contribution >= 0.6 is 15.9 Å². The van der Waals surface area contributed by atoms with Gasteiger partial charge >= 0.3 is 0 Å². The first-order chi connectivity index (χ1) is 9.58. The average molecular weight is 342 g/mol. The van der Waals surface area contributed by atoms with Crippen molar-refractivity contribution < 1.29 is 14.3 Å². The highest BCUT2D eigenvalue weighted by Gasteiger charge is 2.29. The van der Waals surface area contributed by atoms with Gasteiger partial charge in [0.25, 0.3) is 0 Å². The Morgan fingerprint density at radius 2 is 2.05 bits per heavy atom. The predicted octanol–water partition coefficient (Wildman–Crippen LogP) is 3.17. The van der Waals surface area contributed by atoms with Crippen LogP contribution in [0.25, 0.3) is 0 Å². The van der Waals surface area contributed by atoms with Gasteiger partial charge in [0.1, 0.15) is 16.0 Å². The molecule has 1 fully saturated rings. The van der Waals surface area contributed by atoms with E-state index in [0.29, 0.717) is 21.5 Å². The number of hydrogen-bond donors (Lipinski definition) is 1. The summed E-state index contributed by atoms with van der Waals surface area (Å²) in [6.07, 6.45) is 3.68. The molecule has 1 aliphatic rings. The maximum Gasteiger partial charge on any atom is 0.169 e. The molecular weight excluding hydrogens is 322 g/mol. The Bertz CT molecular complexity index is 504. The Labute approximate surface area is 127 Å². The van der Waals surface area contributed by atoms with Crippen molar-refractivity contribution in [1.82, 2.24) is 0 Å². The number of ether oxygens (including phenoxy) is 2. The number of nitrogens with two attached hydrogens (primary N) is 1. The number of hydrogen-bond acceptors (Lipinski definition) is 4. The van der Waals surface area contributed by atoms with Crippen molar-refractivity contribution in [2.75, 3.05) is 14.2 Å². The Hall–Kier alpha value is -1.07. The van der Waals surface area contributed by atoms with Crippen LogP contribution in [-0.4, -0.2) is 26.0 Å². The smallest absolute Gasteiger partial charge is 0.169 e. The lowest BCUT2D eigenvalue weighted by Gasteiger charge is -2.26. The fourth-order valence-electron chi connectivity index (χ4n) is 2.77. The number of carbonyl (C=O) groups is 1. The van der Waals surface area contributed by atoms with E-state index in [1.807, 2.05) is 0 Å². The molecule has 4 nitrogen and oxygen atoms in total. The first-order valence-electron chi connectivity index (χ1n) is 6.78.